The average molecular weight is 465 g/mol. The predicted octanol–water partition coefficient (Wildman–Crippen LogP) is 5.46. The zero-order valence-corrected chi connectivity index (χ0v) is 18.4. The van der Waals surface area contributed by atoms with Gasteiger partial charge in [0.25, 0.3) is 0 Å². The van der Waals surface area contributed by atoms with Gasteiger partial charge in [-0.05, 0) is 53.8 Å². The third-order valence-electron chi connectivity index (χ3n) is 5.37. The number of hydrogen-bond donors (Lipinski definition) is 2. The minimum Gasteiger partial charge on any atom is -0.457 e. The summed E-state index contributed by atoms with van der Waals surface area (Å²) in [4.78, 5) is 25.7. The van der Waals surface area contributed by atoms with Crippen molar-refractivity contribution < 1.29 is 18.7 Å². The van der Waals surface area contributed by atoms with Crippen molar-refractivity contribution >= 4 is 23.6 Å². The fraction of sp³-hybridized carbons (Fsp3) is 0.154. The first-order valence-electron chi connectivity index (χ1n) is 10.5. The summed E-state index contributed by atoms with van der Waals surface area (Å²) in [6, 6.07) is 21.3. The van der Waals surface area contributed by atoms with Crippen LogP contribution in [-0.4, -0.2) is 12.0 Å². The van der Waals surface area contributed by atoms with Crippen molar-refractivity contribution in [2.45, 2.75) is 25.5 Å². The highest BCUT2D eigenvalue weighted by atomic mass is 35.5. The van der Waals surface area contributed by atoms with Crippen LogP contribution in [0.2, 0.25) is 5.02 Å². The van der Waals surface area contributed by atoms with E-state index in [-0.39, 0.29) is 12.4 Å². The van der Waals surface area contributed by atoms with Gasteiger partial charge in [0, 0.05) is 10.7 Å². The van der Waals surface area contributed by atoms with Crippen LogP contribution >= 0.6 is 11.6 Å². The molecule has 0 aromatic heterocycles. The number of amides is 2. The summed E-state index contributed by atoms with van der Waals surface area (Å²) in [5.74, 6) is -0.846. The van der Waals surface area contributed by atoms with E-state index in [1.54, 1.807) is 36.4 Å². The molecule has 0 aliphatic carbocycles. The van der Waals surface area contributed by atoms with Crippen LogP contribution in [-0.2, 0) is 22.6 Å². The minimum atomic E-state index is -0.692. The Bertz CT molecular complexity index is 1160. The molecule has 0 saturated carbocycles. The van der Waals surface area contributed by atoms with Crippen molar-refractivity contribution in [3.63, 3.8) is 0 Å². The zero-order valence-electron chi connectivity index (χ0n) is 17.7. The Morgan fingerprint density at radius 3 is 2.30 bits per heavy atom. The van der Waals surface area contributed by atoms with Crippen LogP contribution in [0.3, 0.4) is 0 Å². The van der Waals surface area contributed by atoms with Gasteiger partial charge in [-0.25, -0.2) is 14.0 Å². The molecule has 0 bridgehead atoms. The molecule has 1 aliphatic heterocycles. The highest BCUT2D eigenvalue weighted by Gasteiger charge is 2.33. The lowest BCUT2D eigenvalue weighted by Crippen LogP contribution is -2.46. The molecule has 0 saturated heterocycles. The number of aryl methyl sites for hydroxylation is 1. The standard InChI is InChI=1S/C26H22ClFN2O3/c27-20-11-9-19(10-12-20)24-23(25(31)33-16-18-4-2-1-3-5-18)22(29-26(32)30-24)15-8-17-6-13-21(28)14-7-17/h1-7,9-14,24H,8,15-16H2,(H2,29,30,32). The van der Waals surface area contributed by atoms with Gasteiger partial charge in [-0.15, -0.1) is 0 Å². The Balaban J connectivity index is 1.64. The maximum atomic E-state index is 13.2. The van der Waals surface area contributed by atoms with E-state index in [0.29, 0.717) is 34.7 Å². The molecule has 7 heteroatoms. The number of rotatable bonds is 7. The zero-order chi connectivity index (χ0) is 23.2. The van der Waals surface area contributed by atoms with Crippen molar-refractivity contribution in [2.24, 2.45) is 0 Å². The van der Waals surface area contributed by atoms with Crippen LogP contribution in [0.15, 0.2) is 90.1 Å². The number of allylic oxidation sites excluding steroid dienone is 1. The highest BCUT2D eigenvalue weighted by molar-refractivity contribution is 6.30. The van der Waals surface area contributed by atoms with Gasteiger partial charge in [0.2, 0.25) is 0 Å². The smallest absolute Gasteiger partial charge is 0.338 e. The Labute approximate surface area is 196 Å². The van der Waals surface area contributed by atoms with Crippen molar-refractivity contribution in [1.29, 1.82) is 0 Å². The number of urea groups is 1. The molecule has 33 heavy (non-hydrogen) atoms. The van der Waals surface area contributed by atoms with Crippen LogP contribution in [0.25, 0.3) is 0 Å². The molecule has 4 rings (SSSR count). The highest BCUT2D eigenvalue weighted by Crippen LogP contribution is 2.30. The molecule has 1 unspecified atom stereocenters. The van der Waals surface area contributed by atoms with Gasteiger partial charge in [-0.1, -0.05) is 66.2 Å². The van der Waals surface area contributed by atoms with Gasteiger partial charge in [-0.2, -0.15) is 0 Å². The van der Waals surface area contributed by atoms with E-state index < -0.39 is 18.0 Å². The van der Waals surface area contributed by atoms with E-state index in [1.807, 2.05) is 30.3 Å². The van der Waals surface area contributed by atoms with Gasteiger partial charge in [0.05, 0.1) is 11.6 Å². The molecule has 0 spiro atoms. The Kier molecular flexibility index (Phi) is 7.05. The maximum Gasteiger partial charge on any atom is 0.338 e. The summed E-state index contributed by atoms with van der Waals surface area (Å²) < 4.78 is 18.9. The molecule has 2 N–H and O–H groups in total. The maximum absolute atomic E-state index is 13.2. The molecule has 1 aliphatic rings. The van der Waals surface area contributed by atoms with Crippen LogP contribution in [0, 0.1) is 5.82 Å². The number of carbonyl (C=O) groups is 2. The summed E-state index contributed by atoms with van der Waals surface area (Å²) in [6.07, 6.45) is 0.887. The summed E-state index contributed by atoms with van der Waals surface area (Å²) >= 11 is 6.02. The predicted molar refractivity (Wildman–Crippen MR) is 124 cm³/mol. The van der Waals surface area contributed by atoms with Gasteiger partial charge in [0.1, 0.15) is 12.4 Å². The van der Waals surface area contributed by atoms with Crippen molar-refractivity contribution in [3.8, 4) is 0 Å². The SMILES string of the molecule is O=C1NC(CCc2ccc(F)cc2)=C(C(=O)OCc2ccccc2)C(c2ccc(Cl)cc2)N1. The number of carbonyl (C=O) groups excluding carboxylic acids is 2. The number of nitrogens with one attached hydrogen (secondary N) is 2. The Morgan fingerprint density at radius 2 is 1.61 bits per heavy atom. The normalized spacial score (nSPS) is 15.6. The van der Waals surface area contributed by atoms with Crippen LogP contribution in [0.4, 0.5) is 9.18 Å². The molecular weight excluding hydrogens is 443 g/mol. The first-order valence-corrected chi connectivity index (χ1v) is 10.9. The molecule has 1 atom stereocenters. The fourth-order valence-corrected chi connectivity index (χ4v) is 3.81. The molecule has 1 heterocycles. The summed E-state index contributed by atoms with van der Waals surface area (Å²) in [6.45, 7) is 0.107. The molecule has 2 amide bonds. The third kappa shape index (κ3) is 5.79. The summed E-state index contributed by atoms with van der Waals surface area (Å²) in [7, 11) is 0. The van der Waals surface area contributed by atoms with Gasteiger partial charge < -0.3 is 15.4 Å². The molecule has 0 fully saturated rings. The van der Waals surface area contributed by atoms with Crippen LogP contribution in [0.5, 0.6) is 0 Å². The molecule has 3 aromatic carbocycles. The number of esters is 1. The van der Waals surface area contributed by atoms with Crippen LogP contribution < -0.4 is 10.6 Å². The monoisotopic (exact) mass is 464 g/mol. The molecule has 168 valence electrons. The molecular formula is C26H22ClFN2O3. The summed E-state index contributed by atoms with van der Waals surface area (Å²) in [5.41, 5.74) is 3.25. The fourth-order valence-electron chi connectivity index (χ4n) is 3.68. The Morgan fingerprint density at radius 1 is 0.909 bits per heavy atom. The second-order valence-electron chi connectivity index (χ2n) is 7.66. The second kappa shape index (κ2) is 10.3. The number of benzene rings is 3. The van der Waals surface area contributed by atoms with E-state index in [1.165, 1.54) is 12.1 Å². The average Bonchev–Trinajstić information content (AvgIpc) is 2.83. The molecule has 3 aromatic rings. The van der Waals surface area contributed by atoms with Gasteiger partial charge in [0.15, 0.2) is 0 Å². The lowest BCUT2D eigenvalue weighted by molar-refractivity contribution is -0.140. The Hall–Kier alpha value is -3.64. The van der Waals surface area contributed by atoms with Crippen molar-refractivity contribution in [1.82, 2.24) is 10.6 Å². The second-order valence-corrected chi connectivity index (χ2v) is 8.10. The van der Waals surface area contributed by atoms with Crippen molar-refractivity contribution in [2.75, 3.05) is 0 Å². The lowest BCUT2D eigenvalue weighted by Gasteiger charge is -2.29. The van der Waals surface area contributed by atoms with E-state index in [4.69, 9.17) is 16.3 Å². The lowest BCUT2D eigenvalue weighted by atomic mass is 9.93. The van der Waals surface area contributed by atoms with E-state index in [2.05, 4.69) is 10.6 Å². The van der Waals surface area contributed by atoms with Crippen LogP contribution in [0.1, 0.15) is 29.2 Å². The number of ether oxygens (including phenoxy) is 1. The molecule has 5 nitrogen and oxygen atoms in total. The van der Waals surface area contributed by atoms with Crippen molar-refractivity contribution in [3.05, 3.63) is 118 Å². The third-order valence-corrected chi connectivity index (χ3v) is 5.62. The van der Waals surface area contributed by atoms with E-state index in [9.17, 15) is 14.0 Å². The summed E-state index contributed by atoms with van der Waals surface area (Å²) in [5, 5.41) is 6.13. The number of halogens is 2. The topological polar surface area (TPSA) is 67.4 Å². The van der Waals surface area contributed by atoms with E-state index in [0.717, 1.165) is 11.1 Å². The molecule has 0 radical (unpaired) electrons. The van der Waals surface area contributed by atoms with E-state index >= 15 is 0 Å². The minimum absolute atomic E-state index is 0.107. The quantitative estimate of drug-likeness (QED) is 0.456. The first-order chi connectivity index (χ1) is 16.0. The number of hydrogen-bond acceptors (Lipinski definition) is 3. The largest absolute Gasteiger partial charge is 0.457 e. The van der Waals surface area contributed by atoms with Gasteiger partial charge >= 0.3 is 12.0 Å². The van der Waals surface area contributed by atoms with Gasteiger partial charge in [-0.3, -0.25) is 0 Å². The first kappa shape index (κ1) is 22.6.